The summed E-state index contributed by atoms with van der Waals surface area (Å²) in [5, 5.41) is 2.71. The standard InChI is InChI=1S/C16H22N2O3/c1-11-9-18(10-12(2)21-11)16(20)8-14-4-6-15(7-5-14)17-13(3)19/h4-7,11-12H,8-10H2,1-3H3,(H,17,19)/t11-,12+. The van der Waals surface area contributed by atoms with Crippen LogP contribution in [0.5, 0.6) is 0 Å². The molecule has 0 radical (unpaired) electrons. The highest BCUT2D eigenvalue weighted by Gasteiger charge is 2.25. The van der Waals surface area contributed by atoms with Gasteiger partial charge in [-0.3, -0.25) is 9.59 Å². The lowest BCUT2D eigenvalue weighted by molar-refractivity contribution is -0.142. The quantitative estimate of drug-likeness (QED) is 0.924. The Kier molecular flexibility index (Phi) is 4.96. The van der Waals surface area contributed by atoms with Gasteiger partial charge in [-0.2, -0.15) is 0 Å². The van der Waals surface area contributed by atoms with Crippen LogP contribution < -0.4 is 5.32 Å². The third kappa shape index (κ3) is 4.56. The second kappa shape index (κ2) is 6.72. The molecule has 5 nitrogen and oxygen atoms in total. The minimum Gasteiger partial charge on any atom is -0.372 e. The van der Waals surface area contributed by atoms with Gasteiger partial charge >= 0.3 is 0 Å². The topological polar surface area (TPSA) is 58.6 Å². The number of carbonyl (C=O) groups excluding carboxylic acids is 2. The van der Waals surface area contributed by atoms with Gasteiger partial charge in [0.15, 0.2) is 0 Å². The van der Waals surface area contributed by atoms with Crippen LogP contribution in [0.15, 0.2) is 24.3 Å². The van der Waals surface area contributed by atoms with Gasteiger partial charge in [-0.1, -0.05) is 12.1 Å². The first-order chi connectivity index (χ1) is 9.94. The van der Waals surface area contributed by atoms with Crippen molar-refractivity contribution in [3.8, 4) is 0 Å². The molecule has 1 aliphatic heterocycles. The second-order valence-electron chi connectivity index (χ2n) is 5.61. The van der Waals surface area contributed by atoms with Gasteiger partial charge in [0.1, 0.15) is 0 Å². The summed E-state index contributed by atoms with van der Waals surface area (Å²) in [5.41, 5.74) is 1.69. The largest absolute Gasteiger partial charge is 0.372 e. The first-order valence-corrected chi connectivity index (χ1v) is 7.24. The fourth-order valence-electron chi connectivity index (χ4n) is 2.58. The molecule has 0 unspecified atom stereocenters. The summed E-state index contributed by atoms with van der Waals surface area (Å²) in [4.78, 5) is 25.1. The molecule has 1 saturated heterocycles. The lowest BCUT2D eigenvalue weighted by atomic mass is 10.1. The number of morpholine rings is 1. The van der Waals surface area contributed by atoms with Crippen molar-refractivity contribution in [1.82, 2.24) is 4.90 Å². The number of anilines is 1. The van der Waals surface area contributed by atoms with E-state index in [4.69, 9.17) is 4.74 Å². The van der Waals surface area contributed by atoms with Gasteiger partial charge in [0.2, 0.25) is 11.8 Å². The minimum atomic E-state index is -0.102. The number of nitrogens with one attached hydrogen (secondary N) is 1. The molecule has 1 heterocycles. The molecule has 0 saturated carbocycles. The molecule has 1 aliphatic rings. The summed E-state index contributed by atoms with van der Waals surface area (Å²) >= 11 is 0. The molecule has 21 heavy (non-hydrogen) atoms. The number of carbonyl (C=O) groups is 2. The van der Waals surface area contributed by atoms with Gasteiger partial charge in [-0.05, 0) is 31.5 Å². The minimum absolute atomic E-state index is 0.0832. The van der Waals surface area contributed by atoms with E-state index in [1.807, 2.05) is 43.0 Å². The first kappa shape index (κ1) is 15.5. The molecule has 1 aromatic carbocycles. The predicted octanol–water partition coefficient (Wildman–Crippen LogP) is 1.82. The van der Waals surface area contributed by atoms with Gasteiger partial charge in [0.25, 0.3) is 0 Å². The van der Waals surface area contributed by atoms with E-state index in [-0.39, 0.29) is 24.0 Å². The lowest BCUT2D eigenvalue weighted by Crippen LogP contribution is -2.48. The van der Waals surface area contributed by atoms with Crippen LogP contribution in [-0.4, -0.2) is 42.0 Å². The maximum Gasteiger partial charge on any atom is 0.227 e. The molecule has 5 heteroatoms. The highest BCUT2D eigenvalue weighted by molar-refractivity contribution is 5.88. The average Bonchev–Trinajstić information content (AvgIpc) is 2.39. The number of amides is 2. The molecule has 1 fully saturated rings. The molecule has 0 spiro atoms. The van der Waals surface area contributed by atoms with E-state index in [9.17, 15) is 9.59 Å². The summed E-state index contributed by atoms with van der Waals surface area (Å²) in [6, 6.07) is 7.37. The van der Waals surface area contributed by atoms with Crippen LogP contribution in [0.2, 0.25) is 0 Å². The van der Waals surface area contributed by atoms with Crippen molar-refractivity contribution in [1.29, 1.82) is 0 Å². The Morgan fingerprint density at radius 2 is 1.76 bits per heavy atom. The molecule has 2 atom stereocenters. The number of benzene rings is 1. The first-order valence-electron chi connectivity index (χ1n) is 7.24. The Hall–Kier alpha value is -1.88. The molecule has 2 rings (SSSR count). The Labute approximate surface area is 125 Å². The van der Waals surface area contributed by atoms with Gasteiger partial charge in [0, 0.05) is 25.7 Å². The monoisotopic (exact) mass is 290 g/mol. The lowest BCUT2D eigenvalue weighted by Gasteiger charge is -2.35. The maximum atomic E-state index is 12.3. The van der Waals surface area contributed by atoms with E-state index in [0.717, 1.165) is 11.3 Å². The highest BCUT2D eigenvalue weighted by atomic mass is 16.5. The van der Waals surface area contributed by atoms with Crippen LogP contribution in [0, 0.1) is 0 Å². The fourth-order valence-corrected chi connectivity index (χ4v) is 2.58. The number of hydrogen-bond acceptors (Lipinski definition) is 3. The molecular formula is C16H22N2O3. The summed E-state index contributed by atoms with van der Waals surface area (Å²) in [6.45, 7) is 6.73. The summed E-state index contributed by atoms with van der Waals surface area (Å²) in [6.07, 6.45) is 0.541. The predicted molar refractivity (Wildman–Crippen MR) is 81.0 cm³/mol. The summed E-state index contributed by atoms with van der Waals surface area (Å²) < 4.78 is 5.64. The van der Waals surface area contributed by atoms with Crippen LogP contribution in [0.1, 0.15) is 26.3 Å². The van der Waals surface area contributed by atoms with Crippen LogP contribution in [0.4, 0.5) is 5.69 Å². The SMILES string of the molecule is CC(=O)Nc1ccc(CC(=O)N2C[C@@H](C)O[C@@H](C)C2)cc1. The van der Waals surface area contributed by atoms with Crippen molar-refractivity contribution >= 4 is 17.5 Å². The van der Waals surface area contributed by atoms with Crippen molar-refractivity contribution in [2.24, 2.45) is 0 Å². The number of rotatable bonds is 3. The third-order valence-corrected chi connectivity index (χ3v) is 3.40. The van der Waals surface area contributed by atoms with Gasteiger partial charge in [-0.25, -0.2) is 0 Å². The van der Waals surface area contributed by atoms with E-state index in [2.05, 4.69) is 5.32 Å². The molecule has 114 valence electrons. The zero-order valence-corrected chi connectivity index (χ0v) is 12.8. The van der Waals surface area contributed by atoms with E-state index in [0.29, 0.717) is 19.5 Å². The van der Waals surface area contributed by atoms with Crippen molar-refractivity contribution in [3.63, 3.8) is 0 Å². The van der Waals surface area contributed by atoms with E-state index in [1.165, 1.54) is 6.92 Å². The van der Waals surface area contributed by atoms with Crippen molar-refractivity contribution < 1.29 is 14.3 Å². The molecule has 0 bridgehead atoms. The third-order valence-electron chi connectivity index (χ3n) is 3.40. The van der Waals surface area contributed by atoms with Crippen molar-refractivity contribution in [2.75, 3.05) is 18.4 Å². The number of ether oxygens (including phenoxy) is 1. The molecule has 1 N–H and O–H groups in total. The highest BCUT2D eigenvalue weighted by Crippen LogP contribution is 2.14. The number of hydrogen-bond donors (Lipinski definition) is 1. The van der Waals surface area contributed by atoms with Crippen LogP contribution in [-0.2, 0) is 20.7 Å². The average molecular weight is 290 g/mol. The Morgan fingerprint density at radius 3 is 2.29 bits per heavy atom. The molecule has 0 aromatic heterocycles. The summed E-state index contributed by atoms with van der Waals surface area (Å²) in [5.74, 6) is 0.0133. The van der Waals surface area contributed by atoms with Crippen LogP contribution in [0.25, 0.3) is 0 Å². The maximum absolute atomic E-state index is 12.3. The summed E-state index contributed by atoms with van der Waals surface area (Å²) in [7, 11) is 0. The zero-order chi connectivity index (χ0) is 15.4. The zero-order valence-electron chi connectivity index (χ0n) is 12.8. The van der Waals surface area contributed by atoms with Gasteiger partial charge in [-0.15, -0.1) is 0 Å². The Balaban J connectivity index is 1.94. The van der Waals surface area contributed by atoms with Gasteiger partial charge < -0.3 is 15.0 Å². The van der Waals surface area contributed by atoms with Crippen molar-refractivity contribution in [2.45, 2.75) is 39.4 Å². The molecule has 1 aromatic rings. The van der Waals surface area contributed by atoms with E-state index < -0.39 is 0 Å². The fraction of sp³-hybridized carbons (Fsp3) is 0.500. The smallest absolute Gasteiger partial charge is 0.227 e. The molecule has 2 amide bonds. The normalized spacial score (nSPS) is 22.0. The Morgan fingerprint density at radius 1 is 1.19 bits per heavy atom. The van der Waals surface area contributed by atoms with Gasteiger partial charge in [0.05, 0.1) is 18.6 Å². The van der Waals surface area contributed by atoms with E-state index in [1.54, 1.807) is 0 Å². The second-order valence-corrected chi connectivity index (χ2v) is 5.61. The molecular weight excluding hydrogens is 268 g/mol. The van der Waals surface area contributed by atoms with E-state index >= 15 is 0 Å². The van der Waals surface area contributed by atoms with Crippen molar-refractivity contribution in [3.05, 3.63) is 29.8 Å². The Bertz CT molecular complexity index is 503. The van der Waals surface area contributed by atoms with Crippen LogP contribution in [0.3, 0.4) is 0 Å². The van der Waals surface area contributed by atoms with Crippen LogP contribution >= 0.6 is 0 Å². The molecule has 0 aliphatic carbocycles. The number of nitrogens with zero attached hydrogens (tertiary/aromatic N) is 1.